The van der Waals surface area contributed by atoms with Crippen LogP contribution in [-0.2, 0) is 12.0 Å². The van der Waals surface area contributed by atoms with Crippen molar-refractivity contribution in [2.45, 2.75) is 59.0 Å². The highest BCUT2D eigenvalue weighted by Crippen LogP contribution is 2.27. The first kappa shape index (κ1) is 22.6. The molecule has 2 unspecified atom stereocenters. The van der Waals surface area contributed by atoms with Crippen molar-refractivity contribution in [3.63, 3.8) is 0 Å². The van der Waals surface area contributed by atoms with Crippen molar-refractivity contribution in [2.24, 2.45) is 10.9 Å². The molecule has 0 amide bonds. The van der Waals surface area contributed by atoms with Gasteiger partial charge in [-0.3, -0.25) is 0 Å². The Morgan fingerprint density at radius 2 is 2.18 bits per heavy atom. The molecule has 156 valence electrons. The number of hydrogen-bond donors (Lipinski definition) is 1. The number of nitrogens with one attached hydrogen (secondary N) is 1. The maximum absolute atomic E-state index is 5.37. The van der Waals surface area contributed by atoms with Gasteiger partial charge < -0.3 is 19.3 Å². The van der Waals surface area contributed by atoms with Crippen LogP contribution < -0.4 is 5.32 Å². The van der Waals surface area contributed by atoms with E-state index < -0.39 is 0 Å². The van der Waals surface area contributed by atoms with Crippen LogP contribution >= 0.6 is 24.0 Å². The molecule has 1 N–H and O–H groups in total. The Hall–Kier alpha value is -1.65. The predicted octanol–water partition coefficient (Wildman–Crippen LogP) is 3.23. The third-order valence-electron chi connectivity index (χ3n) is 4.94. The molecule has 0 bridgehead atoms. The van der Waals surface area contributed by atoms with E-state index in [4.69, 9.17) is 9.52 Å². The molecule has 0 saturated carbocycles. The van der Waals surface area contributed by atoms with Gasteiger partial charge in [-0.2, -0.15) is 4.98 Å². The van der Waals surface area contributed by atoms with Crippen LogP contribution in [-0.4, -0.2) is 50.2 Å². The van der Waals surface area contributed by atoms with Crippen molar-refractivity contribution in [1.82, 2.24) is 29.9 Å². The lowest BCUT2D eigenvalue weighted by Crippen LogP contribution is -2.49. The summed E-state index contributed by atoms with van der Waals surface area (Å²) in [5, 5.41) is 7.48. The Morgan fingerprint density at radius 3 is 2.79 bits per heavy atom. The maximum Gasteiger partial charge on any atom is 0.232 e. The van der Waals surface area contributed by atoms with Crippen LogP contribution in [0.4, 0.5) is 0 Å². The monoisotopic (exact) mass is 501 g/mol. The Kier molecular flexibility index (Phi) is 7.85. The molecule has 3 rings (SSSR count). The molecule has 1 fully saturated rings. The predicted molar refractivity (Wildman–Crippen MR) is 120 cm³/mol. The number of aliphatic imine (C=N–C) groups is 1. The fraction of sp³-hybridized carbons (Fsp3) is 0.684. The van der Waals surface area contributed by atoms with Crippen LogP contribution in [0, 0.1) is 5.92 Å². The maximum atomic E-state index is 5.37. The zero-order chi connectivity index (χ0) is 19.4. The Labute approximate surface area is 184 Å². The minimum Gasteiger partial charge on any atom is -0.357 e. The lowest BCUT2D eigenvalue weighted by molar-refractivity contribution is 0.189. The van der Waals surface area contributed by atoms with Gasteiger partial charge in [0.1, 0.15) is 6.54 Å². The van der Waals surface area contributed by atoms with Gasteiger partial charge in [0, 0.05) is 37.4 Å². The molecule has 2 aromatic rings. The normalized spacial score (nSPS) is 20.8. The highest BCUT2D eigenvalue weighted by Gasteiger charge is 2.29. The minimum absolute atomic E-state index is 0. The van der Waals surface area contributed by atoms with Gasteiger partial charge in [0.15, 0.2) is 11.8 Å². The molecular weight excluding hydrogens is 469 g/mol. The number of imidazole rings is 1. The van der Waals surface area contributed by atoms with E-state index in [0.29, 0.717) is 30.2 Å². The fourth-order valence-electron chi connectivity index (χ4n) is 3.29. The number of hydrogen-bond acceptors (Lipinski definition) is 5. The van der Waals surface area contributed by atoms with Crippen molar-refractivity contribution in [3.05, 3.63) is 30.4 Å². The van der Waals surface area contributed by atoms with E-state index in [-0.39, 0.29) is 29.4 Å². The Bertz CT molecular complexity index is 751. The summed E-state index contributed by atoms with van der Waals surface area (Å²) in [6, 6.07) is 0.391. The summed E-state index contributed by atoms with van der Waals surface area (Å²) >= 11 is 0. The van der Waals surface area contributed by atoms with Crippen LogP contribution in [0.1, 0.15) is 58.8 Å². The number of aromatic nitrogens is 4. The number of nitrogens with zero attached hydrogens (tertiary/aromatic N) is 6. The summed E-state index contributed by atoms with van der Waals surface area (Å²) in [6.07, 6.45) is 6.90. The molecule has 1 aliphatic heterocycles. The summed E-state index contributed by atoms with van der Waals surface area (Å²) in [6.45, 7) is 13.7. The molecule has 0 radical (unpaired) electrons. The molecule has 3 heterocycles. The highest BCUT2D eigenvalue weighted by atomic mass is 127. The van der Waals surface area contributed by atoms with Crippen molar-refractivity contribution in [3.8, 4) is 0 Å². The molecule has 1 saturated heterocycles. The number of rotatable bonds is 4. The number of guanidine groups is 1. The minimum atomic E-state index is -0.152. The van der Waals surface area contributed by atoms with Gasteiger partial charge >= 0.3 is 0 Å². The van der Waals surface area contributed by atoms with Gasteiger partial charge in [-0.1, -0.05) is 32.9 Å². The number of piperidine rings is 1. The lowest BCUT2D eigenvalue weighted by Gasteiger charge is -2.39. The largest absolute Gasteiger partial charge is 0.357 e. The third-order valence-corrected chi connectivity index (χ3v) is 4.94. The van der Waals surface area contributed by atoms with Crippen molar-refractivity contribution in [2.75, 3.05) is 19.6 Å². The molecule has 2 aromatic heterocycles. The van der Waals surface area contributed by atoms with E-state index in [1.54, 1.807) is 0 Å². The zero-order valence-corrected chi connectivity index (χ0v) is 19.8. The molecule has 9 heteroatoms. The molecule has 28 heavy (non-hydrogen) atoms. The van der Waals surface area contributed by atoms with Gasteiger partial charge in [-0.25, -0.2) is 9.98 Å². The summed E-state index contributed by atoms with van der Waals surface area (Å²) in [5.74, 6) is 2.76. The van der Waals surface area contributed by atoms with Gasteiger partial charge in [-0.05, 0) is 19.3 Å². The van der Waals surface area contributed by atoms with E-state index in [1.165, 1.54) is 0 Å². The first-order valence-corrected chi connectivity index (χ1v) is 9.72. The van der Waals surface area contributed by atoms with Crippen LogP contribution in [0.2, 0.25) is 0 Å². The van der Waals surface area contributed by atoms with Crippen molar-refractivity contribution < 1.29 is 4.52 Å². The summed E-state index contributed by atoms with van der Waals surface area (Å²) in [4.78, 5) is 15.8. The fourth-order valence-corrected chi connectivity index (χ4v) is 3.29. The van der Waals surface area contributed by atoms with Crippen LogP contribution in [0.15, 0.2) is 28.2 Å². The topological polar surface area (TPSA) is 84.4 Å². The molecule has 0 aromatic carbocycles. The van der Waals surface area contributed by atoms with E-state index in [1.807, 2.05) is 18.7 Å². The smallest absolute Gasteiger partial charge is 0.232 e. The first-order chi connectivity index (χ1) is 12.9. The van der Waals surface area contributed by atoms with Crippen molar-refractivity contribution in [1.29, 1.82) is 0 Å². The third kappa shape index (κ3) is 5.45. The molecule has 0 aliphatic carbocycles. The van der Waals surface area contributed by atoms with E-state index in [2.05, 4.69) is 64.5 Å². The average Bonchev–Trinajstić information content (AvgIpc) is 3.30. The molecule has 2 atom stereocenters. The Balaban J connectivity index is 0.00000280. The number of halogens is 1. The van der Waals surface area contributed by atoms with Gasteiger partial charge in [-0.15, -0.1) is 24.0 Å². The average molecular weight is 501 g/mol. The van der Waals surface area contributed by atoms with Crippen molar-refractivity contribution >= 4 is 29.9 Å². The lowest BCUT2D eigenvalue weighted by atomic mass is 9.93. The van der Waals surface area contributed by atoms with E-state index in [9.17, 15) is 0 Å². The highest BCUT2D eigenvalue weighted by molar-refractivity contribution is 14.0. The van der Waals surface area contributed by atoms with Gasteiger partial charge in [0.2, 0.25) is 5.89 Å². The molecule has 0 spiro atoms. The summed E-state index contributed by atoms with van der Waals surface area (Å²) in [7, 11) is 0. The second kappa shape index (κ2) is 9.71. The summed E-state index contributed by atoms with van der Waals surface area (Å²) < 4.78 is 7.58. The van der Waals surface area contributed by atoms with E-state index >= 15 is 0 Å². The summed E-state index contributed by atoms with van der Waals surface area (Å²) in [5.41, 5.74) is -0.152. The van der Waals surface area contributed by atoms with Crippen LogP contribution in [0.3, 0.4) is 0 Å². The standard InChI is InChI=1S/C19H31N7O.HI/c1-6-21-18(22-11-16-23-17(27-24-16)19(3,4)5)25-9-7-14(2)15(12-25)26-10-8-20-13-26;/h8,10,13-15H,6-7,9,11-12H2,1-5H3,(H,21,22);1H. The van der Waals surface area contributed by atoms with Crippen LogP contribution in [0.5, 0.6) is 0 Å². The second-order valence-corrected chi connectivity index (χ2v) is 8.23. The molecule has 1 aliphatic rings. The second-order valence-electron chi connectivity index (χ2n) is 8.23. The first-order valence-electron chi connectivity index (χ1n) is 9.72. The zero-order valence-electron chi connectivity index (χ0n) is 17.4. The number of likely N-dealkylation sites (tertiary alicyclic amines) is 1. The van der Waals surface area contributed by atoms with E-state index in [0.717, 1.165) is 32.0 Å². The van der Waals surface area contributed by atoms with Gasteiger partial charge in [0.25, 0.3) is 0 Å². The van der Waals surface area contributed by atoms with Gasteiger partial charge in [0.05, 0.1) is 12.4 Å². The Morgan fingerprint density at radius 1 is 1.39 bits per heavy atom. The molecule has 8 nitrogen and oxygen atoms in total. The molecular formula is C19H32IN7O. The quantitative estimate of drug-likeness (QED) is 0.394. The SMILES string of the molecule is CCNC(=NCc1noc(C(C)(C)C)n1)N1CCC(C)C(n2ccnc2)C1.I. The van der Waals surface area contributed by atoms with Crippen LogP contribution in [0.25, 0.3) is 0 Å².